The monoisotopic (exact) mass is 203 g/mol. The van der Waals surface area contributed by atoms with E-state index in [0.29, 0.717) is 6.54 Å². The van der Waals surface area contributed by atoms with Gasteiger partial charge < -0.3 is 20.3 Å². The van der Waals surface area contributed by atoms with Crippen LogP contribution in [0.3, 0.4) is 0 Å². The Morgan fingerprint density at radius 1 is 1.71 bits per heavy atom. The van der Waals surface area contributed by atoms with Gasteiger partial charge in [0.15, 0.2) is 11.2 Å². The summed E-state index contributed by atoms with van der Waals surface area (Å²) in [5.41, 5.74) is -3.98. The van der Waals surface area contributed by atoms with Crippen molar-refractivity contribution in [1.82, 2.24) is 5.32 Å². The number of hydrogen-bond acceptors (Lipinski definition) is 4. The molecule has 0 aromatic heterocycles. The van der Waals surface area contributed by atoms with Crippen molar-refractivity contribution in [1.29, 1.82) is 0 Å². The van der Waals surface area contributed by atoms with E-state index in [1.807, 2.05) is 0 Å². The first-order valence-electron chi connectivity index (χ1n) is 4.20. The van der Waals surface area contributed by atoms with E-state index < -0.39 is 23.1 Å². The number of amides is 1. The van der Waals surface area contributed by atoms with Crippen molar-refractivity contribution in [2.24, 2.45) is 0 Å². The summed E-state index contributed by atoms with van der Waals surface area (Å²) in [7, 11) is 0. The van der Waals surface area contributed by atoms with Crippen molar-refractivity contribution in [2.75, 3.05) is 13.2 Å². The molecule has 1 rings (SSSR count). The number of nitrogens with one attached hydrogen (secondary N) is 1. The van der Waals surface area contributed by atoms with E-state index in [4.69, 9.17) is 9.84 Å². The van der Waals surface area contributed by atoms with Gasteiger partial charge in [0.1, 0.15) is 0 Å². The average Bonchev–Trinajstić information content (AvgIpc) is 2.09. The molecular formula is C8H13NO5. The Morgan fingerprint density at radius 3 is 2.71 bits per heavy atom. The average molecular weight is 203 g/mol. The van der Waals surface area contributed by atoms with E-state index in [1.165, 1.54) is 6.92 Å². The summed E-state index contributed by atoms with van der Waals surface area (Å²) >= 11 is 0. The zero-order chi connectivity index (χ0) is 11.0. The molecule has 0 aromatic carbocycles. The van der Waals surface area contributed by atoms with Crippen molar-refractivity contribution < 1.29 is 24.5 Å². The molecule has 3 N–H and O–H groups in total. The molecular weight excluding hydrogens is 190 g/mol. The Bertz CT molecular complexity index is 275. The Labute approximate surface area is 80.9 Å². The first-order chi connectivity index (χ1) is 6.32. The van der Waals surface area contributed by atoms with E-state index in [-0.39, 0.29) is 6.61 Å². The first-order valence-corrected chi connectivity index (χ1v) is 4.20. The highest BCUT2D eigenvalue weighted by Gasteiger charge is 2.56. The van der Waals surface area contributed by atoms with Crippen LogP contribution in [-0.4, -0.2) is 46.4 Å². The number of aliphatic hydroxyl groups is 1. The molecule has 0 aromatic rings. The summed E-state index contributed by atoms with van der Waals surface area (Å²) < 4.78 is 5.06. The van der Waals surface area contributed by atoms with Crippen molar-refractivity contribution in [3.63, 3.8) is 0 Å². The lowest BCUT2D eigenvalue weighted by Gasteiger charge is -2.40. The van der Waals surface area contributed by atoms with E-state index in [0.717, 1.165) is 6.92 Å². The molecule has 2 unspecified atom stereocenters. The molecule has 1 heterocycles. The second kappa shape index (κ2) is 3.21. The summed E-state index contributed by atoms with van der Waals surface area (Å²) in [5.74, 6) is -2.10. The Kier molecular flexibility index (Phi) is 2.51. The Morgan fingerprint density at radius 2 is 2.29 bits per heavy atom. The van der Waals surface area contributed by atoms with Gasteiger partial charge in [-0.25, -0.2) is 4.79 Å². The normalized spacial score (nSPS) is 31.8. The number of carboxylic acid groups (broad SMARTS) is 1. The standard InChI is InChI=1S/C8H13NO5/c1-7(13,6(11)12)8(2)5(10)9-3-4-14-8/h13H,3-4H2,1-2H3,(H,9,10)(H,11,12). The molecule has 0 bridgehead atoms. The molecule has 1 saturated heterocycles. The molecule has 6 heteroatoms. The summed E-state index contributed by atoms with van der Waals surface area (Å²) in [6, 6.07) is 0. The minimum atomic E-state index is -2.24. The summed E-state index contributed by atoms with van der Waals surface area (Å²) in [4.78, 5) is 22.2. The van der Waals surface area contributed by atoms with Crippen LogP contribution >= 0.6 is 0 Å². The molecule has 0 saturated carbocycles. The van der Waals surface area contributed by atoms with Gasteiger partial charge in [0.2, 0.25) is 0 Å². The first kappa shape index (κ1) is 10.9. The largest absolute Gasteiger partial charge is 0.479 e. The molecule has 6 nitrogen and oxygen atoms in total. The van der Waals surface area contributed by atoms with Crippen molar-refractivity contribution in [3.05, 3.63) is 0 Å². The number of carbonyl (C=O) groups excluding carboxylic acids is 1. The van der Waals surface area contributed by atoms with E-state index in [9.17, 15) is 14.7 Å². The molecule has 0 spiro atoms. The summed E-state index contributed by atoms with van der Waals surface area (Å²) in [5, 5.41) is 20.9. The van der Waals surface area contributed by atoms with Crippen LogP contribution in [0.2, 0.25) is 0 Å². The van der Waals surface area contributed by atoms with Crippen LogP contribution in [0.1, 0.15) is 13.8 Å². The van der Waals surface area contributed by atoms with Crippen molar-refractivity contribution >= 4 is 11.9 Å². The summed E-state index contributed by atoms with van der Waals surface area (Å²) in [6.45, 7) is 2.81. The van der Waals surface area contributed by atoms with Crippen LogP contribution in [-0.2, 0) is 14.3 Å². The predicted octanol–water partition coefficient (Wildman–Crippen LogP) is -1.27. The van der Waals surface area contributed by atoms with Gasteiger partial charge in [0, 0.05) is 6.54 Å². The number of aliphatic carboxylic acids is 1. The molecule has 2 atom stereocenters. The van der Waals surface area contributed by atoms with E-state index in [1.54, 1.807) is 0 Å². The third kappa shape index (κ3) is 1.36. The maximum absolute atomic E-state index is 11.4. The molecule has 0 aliphatic carbocycles. The molecule has 1 amide bonds. The SMILES string of the molecule is CC(O)(C(=O)O)C1(C)OCCNC1=O. The van der Waals surface area contributed by atoms with Crippen LogP contribution in [0.5, 0.6) is 0 Å². The molecule has 14 heavy (non-hydrogen) atoms. The minimum Gasteiger partial charge on any atom is -0.479 e. The van der Waals surface area contributed by atoms with Gasteiger partial charge in [0.05, 0.1) is 6.61 Å². The second-order valence-corrected chi connectivity index (χ2v) is 3.51. The van der Waals surface area contributed by atoms with E-state index in [2.05, 4.69) is 5.32 Å². The molecule has 1 aliphatic heterocycles. The van der Waals surface area contributed by atoms with Gasteiger partial charge in [-0.05, 0) is 13.8 Å². The van der Waals surface area contributed by atoms with Crippen LogP contribution < -0.4 is 5.32 Å². The van der Waals surface area contributed by atoms with Gasteiger partial charge in [-0.1, -0.05) is 0 Å². The number of rotatable bonds is 2. The highest BCUT2D eigenvalue weighted by atomic mass is 16.5. The molecule has 1 aliphatic rings. The van der Waals surface area contributed by atoms with Gasteiger partial charge in [-0.3, -0.25) is 4.79 Å². The van der Waals surface area contributed by atoms with Gasteiger partial charge >= 0.3 is 5.97 Å². The van der Waals surface area contributed by atoms with Gasteiger partial charge in [-0.15, -0.1) is 0 Å². The highest BCUT2D eigenvalue weighted by Crippen LogP contribution is 2.28. The van der Waals surface area contributed by atoms with Crippen LogP contribution in [0.4, 0.5) is 0 Å². The predicted molar refractivity (Wildman–Crippen MR) is 45.6 cm³/mol. The number of carbonyl (C=O) groups is 2. The van der Waals surface area contributed by atoms with Crippen molar-refractivity contribution in [2.45, 2.75) is 25.0 Å². The fraction of sp³-hybridized carbons (Fsp3) is 0.750. The zero-order valence-corrected chi connectivity index (χ0v) is 8.03. The lowest BCUT2D eigenvalue weighted by atomic mass is 9.84. The lowest BCUT2D eigenvalue weighted by molar-refractivity contribution is -0.206. The number of carboxylic acids is 1. The quantitative estimate of drug-likeness (QED) is 0.520. The van der Waals surface area contributed by atoms with Crippen LogP contribution in [0, 0.1) is 0 Å². The number of hydrogen-bond donors (Lipinski definition) is 3. The van der Waals surface area contributed by atoms with E-state index >= 15 is 0 Å². The van der Waals surface area contributed by atoms with Crippen LogP contribution in [0.15, 0.2) is 0 Å². The lowest BCUT2D eigenvalue weighted by Crippen LogP contribution is -2.67. The van der Waals surface area contributed by atoms with Gasteiger partial charge in [-0.2, -0.15) is 0 Å². The molecule has 1 fully saturated rings. The fourth-order valence-electron chi connectivity index (χ4n) is 1.22. The Hall–Kier alpha value is -1.14. The molecule has 0 radical (unpaired) electrons. The molecule has 80 valence electrons. The maximum atomic E-state index is 11.4. The van der Waals surface area contributed by atoms with Gasteiger partial charge in [0.25, 0.3) is 5.91 Å². The zero-order valence-electron chi connectivity index (χ0n) is 8.03. The summed E-state index contributed by atoms with van der Waals surface area (Å²) in [6.07, 6.45) is 0. The third-order valence-electron chi connectivity index (χ3n) is 2.56. The fourth-order valence-corrected chi connectivity index (χ4v) is 1.22. The van der Waals surface area contributed by atoms with Crippen LogP contribution in [0.25, 0.3) is 0 Å². The second-order valence-electron chi connectivity index (χ2n) is 3.51. The smallest absolute Gasteiger partial charge is 0.339 e. The Balaban J connectivity index is 3.03. The minimum absolute atomic E-state index is 0.186. The third-order valence-corrected chi connectivity index (χ3v) is 2.56. The number of morpholine rings is 1. The topological polar surface area (TPSA) is 95.9 Å². The number of ether oxygens (including phenoxy) is 1. The van der Waals surface area contributed by atoms with Crippen molar-refractivity contribution in [3.8, 4) is 0 Å². The highest BCUT2D eigenvalue weighted by molar-refractivity contribution is 5.94. The maximum Gasteiger partial charge on any atom is 0.339 e.